The third kappa shape index (κ3) is 8.28. The van der Waals surface area contributed by atoms with Crippen molar-refractivity contribution in [3.05, 3.63) is 33.9 Å². The molecule has 6 heteroatoms. The van der Waals surface area contributed by atoms with Crippen molar-refractivity contribution >= 4 is 20.0 Å². The van der Waals surface area contributed by atoms with Crippen molar-refractivity contribution in [2.24, 2.45) is 0 Å². The lowest BCUT2D eigenvalue weighted by Gasteiger charge is -2.20. The molecular weight excluding hydrogens is 370 g/mol. The molecule has 154 valence electrons. The number of aliphatic carboxylic acids is 1. The number of ether oxygens (including phenoxy) is 1. The van der Waals surface area contributed by atoms with E-state index in [0.717, 1.165) is 27.8 Å². The van der Waals surface area contributed by atoms with E-state index < -0.39 is 19.6 Å². The lowest BCUT2D eigenvalue weighted by molar-refractivity contribution is -0.153. The normalized spacial score (nSPS) is 11.6. The molecule has 0 aliphatic heterocycles. The van der Waals surface area contributed by atoms with E-state index in [0.29, 0.717) is 6.54 Å². The first-order valence-electron chi connectivity index (χ1n) is 9.49. The zero-order valence-electron chi connectivity index (χ0n) is 18.4. The first-order chi connectivity index (χ1) is 12.7. The van der Waals surface area contributed by atoms with Gasteiger partial charge in [0.15, 0.2) is 0 Å². The Morgan fingerprint density at radius 3 is 2.21 bits per heavy atom. The second-order valence-electron chi connectivity index (χ2n) is 9.08. The van der Waals surface area contributed by atoms with Gasteiger partial charge >= 0.3 is 11.9 Å². The van der Waals surface area contributed by atoms with Crippen LogP contribution in [0.4, 0.5) is 0 Å². The molecule has 0 aliphatic rings. The Balaban J connectivity index is 3.14. The van der Waals surface area contributed by atoms with Crippen LogP contribution in [0, 0.1) is 25.3 Å². The fourth-order valence-corrected chi connectivity index (χ4v) is 3.17. The predicted octanol–water partition coefficient (Wildman–Crippen LogP) is 3.59. The maximum atomic E-state index is 11.9. The summed E-state index contributed by atoms with van der Waals surface area (Å²) in [5.41, 5.74) is 7.40. The van der Waals surface area contributed by atoms with Crippen LogP contribution in [0.15, 0.2) is 6.07 Å². The van der Waals surface area contributed by atoms with Gasteiger partial charge in [0.1, 0.15) is 13.7 Å². The highest BCUT2D eigenvalue weighted by Crippen LogP contribution is 2.23. The molecular formula is C22H33NO4Si. The SMILES string of the molecule is Cc1c(CNCC(=O)OC(C)(C)C)cc(CC(=O)O)c(C)c1C#C[Si](C)(C)C. The van der Waals surface area contributed by atoms with Crippen molar-refractivity contribution in [2.45, 2.75) is 72.8 Å². The number of nitrogens with one attached hydrogen (secondary N) is 1. The van der Waals surface area contributed by atoms with Crippen LogP contribution < -0.4 is 5.32 Å². The van der Waals surface area contributed by atoms with Gasteiger partial charge in [0.25, 0.3) is 0 Å². The van der Waals surface area contributed by atoms with Crippen molar-refractivity contribution in [3.63, 3.8) is 0 Å². The van der Waals surface area contributed by atoms with Crippen LogP contribution >= 0.6 is 0 Å². The van der Waals surface area contributed by atoms with Gasteiger partial charge in [-0.25, -0.2) is 0 Å². The van der Waals surface area contributed by atoms with E-state index in [1.165, 1.54) is 0 Å². The molecule has 1 aromatic rings. The third-order valence-corrected chi connectivity index (χ3v) is 4.85. The van der Waals surface area contributed by atoms with E-state index in [1.807, 2.05) is 40.7 Å². The van der Waals surface area contributed by atoms with Gasteiger partial charge in [-0.15, -0.1) is 5.54 Å². The Morgan fingerprint density at radius 2 is 1.71 bits per heavy atom. The molecule has 0 spiro atoms. The maximum absolute atomic E-state index is 11.9. The minimum atomic E-state index is -1.57. The summed E-state index contributed by atoms with van der Waals surface area (Å²) < 4.78 is 5.30. The standard InChI is InChI=1S/C22H33NO4Si/c1-15-17(12-20(24)25)11-18(13-23-14-21(26)27-22(3,4)5)16(2)19(15)9-10-28(6,7)8/h11,23H,12-14H2,1-8H3,(H,24,25). The number of carboxylic acid groups (broad SMARTS) is 1. The number of hydrogen-bond acceptors (Lipinski definition) is 4. The Kier molecular flexibility index (Phi) is 8.03. The molecule has 0 saturated heterocycles. The molecule has 0 aromatic heterocycles. The highest BCUT2D eigenvalue weighted by atomic mass is 28.3. The number of carbonyl (C=O) groups is 2. The van der Waals surface area contributed by atoms with E-state index in [2.05, 4.69) is 36.4 Å². The van der Waals surface area contributed by atoms with Gasteiger partial charge in [-0.3, -0.25) is 9.59 Å². The summed E-state index contributed by atoms with van der Waals surface area (Å²) in [5.74, 6) is 2.12. The topological polar surface area (TPSA) is 75.6 Å². The first kappa shape index (κ1) is 23.9. The average Bonchev–Trinajstić information content (AvgIpc) is 2.48. The predicted molar refractivity (Wildman–Crippen MR) is 115 cm³/mol. The molecule has 0 fully saturated rings. The summed E-state index contributed by atoms with van der Waals surface area (Å²) in [6.45, 7) is 16.5. The molecule has 2 N–H and O–H groups in total. The van der Waals surface area contributed by atoms with E-state index in [1.54, 1.807) is 0 Å². The Morgan fingerprint density at radius 1 is 1.14 bits per heavy atom. The van der Waals surface area contributed by atoms with Crippen LogP contribution in [-0.2, 0) is 27.3 Å². The van der Waals surface area contributed by atoms with Gasteiger partial charge in [-0.05, 0) is 56.9 Å². The van der Waals surface area contributed by atoms with E-state index >= 15 is 0 Å². The zero-order valence-corrected chi connectivity index (χ0v) is 19.4. The van der Waals surface area contributed by atoms with Crippen molar-refractivity contribution in [1.82, 2.24) is 5.32 Å². The van der Waals surface area contributed by atoms with Crippen LogP contribution in [0.2, 0.25) is 19.6 Å². The molecule has 1 aromatic carbocycles. The van der Waals surface area contributed by atoms with E-state index in [9.17, 15) is 14.7 Å². The molecule has 0 amide bonds. The maximum Gasteiger partial charge on any atom is 0.320 e. The number of carbonyl (C=O) groups excluding carboxylic acids is 1. The Labute approximate surface area is 169 Å². The molecule has 0 aliphatic carbocycles. The number of benzene rings is 1. The van der Waals surface area contributed by atoms with Crippen LogP contribution in [0.5, 0.6) is 0 Å². The summed E-state index contributed by atoms with van der Waals surface area (Å²) in [5, 5.41) is 12.4. The van der Waals surface area contributed by atoms with E-state index in [4.69, 9.17) is 4.74 Å². The summed E-state index contributed by atoms with van der Waals surface area (Å²) in [4.78, 5) is 23.2. The van der Waals surface area contributed by atoms with Crippen molar-refractivity contribution in [3.8, 4) is 11.5 Å². The Bertz CT molecular complexity index is 805. The molecule has 5 nitrogen and oxygen atoms in total. The summed E-state index contributed by atoms with van der Waals surface area (Å²) in [6.07, 6.45) is -0.0488. The fourth-order valence-electron chi connectivity index (χ4n) is 2.67. The highest BCUT2D eigenvalue weighted by molar-refractivity contribution is 6.83. The lowest BCUT2D eigenvalue weighted by Crippen LogP contribution is -2.31. The minimum Gasteiger partial charge on any atom is -0.481 e. The van der Waals surface area contributed by atoms with Gasteiger partial charge in [-0.1, -0.05) is 31.6 Å². The molecule has 0 radical (unpaired) electrons. The number of rotatable bonds is 6. The largest absolute Gasteiger partial charge is 0.481 e. The second kappa shape index (κ2) is 9.40. The quantitative estimate of drug-likeness (QED) is 0.431. The van der Waals surface area contributed by atoms with Gasteiger partial charge in [0.2, 0.25) is 0 Å². The highest BCUT2D eigenvalue weighted by Gasteiger charge is 2.17. The van der Waals surface area contributed by atoms with Gasteiger partial charge in [-0.2, -0.15) is 0 Å². The monoisotopic (exact) mass is 403 g/mol. The van der Waals surface area contributed by atoms with Crippen LogP contribution in [0.3, 0.4) is 0 Å². The smallest absolute Gasteiger partial charge is 0.320 e. The number of esters is 1. The average molecular weight is 404 g/mol. The molecule has 0 saturated carbocycles. The summed E-state index contributed by atoms with van der Waals surface area (Å²) in [7, 11) is -1.57. The van der Waals surface area contributed by atoms with Crippen molar-refractivity contribution in [2.75, 3.05) is 6.54 Å². The number of hydrogen-bond donors (Lipinski definition) is 2. The molecule has 1 rings (SSSR count). The molecule has 0 heterocycles. The Hall–Kier alpha value is -2.10. The van der Waals surface area contributed by atoms with Crippen LogP contribution in [0.25, 0.3) is 0 Å². The van der Waals surface area contributed by atoms with Crippen molar-refractivity contribution < 1.29 is 19.4 Å². The van der Waals surface area contributed by atoms with Gasteiger partial charge in [0, 0.05) is 12.1 Å². The summed E-state index contributed by atoms with van der Waals surface area (Å²) >= 11 is 0. The molecule has 28 heavy (non-hydrogen) atoms. The molecule has 0 unspecified atom stereocenters. The van der Waals surface area contributed by atoms with E-state index in [-0.39, 0.29) is 18.9 Å². The third-order valence-electron chi connectivity index (χ3n) is 3.97. The zero-order chi connectivity index (χ0) is 21.7. The van der Waals surface area contributed by atoms with Crippen LogP contribution in [-0.4, -0.2) is 37.3 Å². The first-order valence-corrected chi connectivity index (χ1v) is 13.0. The van der Waals surface area contributed by atoms with Crippen molar-refractivity contribution in [1.29, 1.82) is 0 Å². The molecule has 0 bridgehead atoms. The second-order valence-corrected chi connectivity index (χ2v) is 13.8. The summed E-state index contributed by atoms with van der Waals surface area (Å²) in [6, 6.07) is 1.90. The van der Waals surface area contributed by atoms with Gasteiger partial charge < -0.3 is 15.2 Å². The van der Waals surface area contributed by atoms with Crippen LogP contribution in [0.1, 0.15) is 48.6 Å². The van der Waals surface area contributed by atoms with Gasteiger partial charge in [0.05, 0.1) is 13.0 Å². The fraction of sp³-hybridized carbons (Fsp3) is 0.545. The number of carboxylic acids is 1. The molecule has 0 atom stereocenters. The minimum absolute atomic E-state index is 0.0488. The lowest BCUT2D eigenvalue weighted by atomic mass is 9.92.